The Morgan fingerprint density at radius 1 is 1.22 bits per heavy atom. The van der Waals surface area contributed by atoms with E-state index in [-0.39, 0.29) is 11.0 Å². The van der Waals surface area contributed by atoms with Crippen molar-refractivity contribution in [2.75, 3.05) is 12.4 Å². The first-order chi connectivity index (χ1) is 13.0. The van der Waals surface area contributed by atoms with Gasteiger partial charge in [0.15, 0.2) is 10.2 Å². The predicted molar refractivity (Wildman–Crippen MR) is 114 cm³/mol. The van der Waals surface area contributed by atoms with Crippen LogP contribution in [0.15, 0.2) is 47.8 Å². The van der Waals surface area contributed by atoms with Crippen molar-refractivity contribution in [3.63, 3.8) is 0 Å². The van der Waals surface area contributed by atoms with Crippen LogP contribution >= 0.6 is 35.2 Å². The number of para-hydroxylation sites is 1. The number of rotatable bonds is 4. The van der Waals surface area contributed by atoms with Crippen LogP contribution in [0.3, 0.4) is 0 Å². The third-order valence-corrected chi connectivity index (χ3v) is 4.97. The second-order valence-electron chi connectivity index (χ2n) is 5.61. The highest BCUT2D eigenvalue weighted by Gasteiger charge is 2.15. The Hall–Kier alpha value is -2.48. The summed E-state index contributed by atoms with van der Waals surface area (Å²) in [5.74, 6) is 0.180. The molecule has 0 fully saturated rings. The smallest absolute Gasteiger partial charge is 0.261 e. The molecule has 2 aromatic carbocycles. The number of amides is 1. The molecule has 0 aliphatic rings. The maximum Gasteiger partial charge on any atom is 0.261 e. The third kappa shape index (κ3) is 4.63. The number of thiocarbonyl (C=S) groups is 1. The predicted octanol–water partition coefficient (Wildman–Crippen LogP) is 4.91. The zero-order valence-corrected chi connectivity index (χ0v) is 17.0. The average molecular weight is 418 g/mol. The number of methoxy groups -OCH3 is 1. The maximum atomic E-state index is 12.5. The fourth-order valence-corrected chi connectivity index (χ4v) is 3.59. The molecule has 0 bridgehead atoms. The molecular weight excluding hydrogens is 402 g/mol. The lowest BCUT2D eigenvalue weighted by atomic mass is 10.1. The van der Waals surface area contributed by atoms with Crippen LogP contribution in [0.25, 0.3) is 11.3 Å². The van der Waals surface area contributed by atoms with Crippen molar-refractivity contribution >= 4 is 51.3 Å². The number of nitrogens with one attached hydrogen (secondary N) is 2. The van der Waals surface area contributed by atoms with Crippen molar-refractivity contribution in [3.05, 3.63) is 64.0 Å². The molecule has 0 aliphatic carbocycles. The number of ether oxygens (including phenoxy) is 1. The molecule has 0 radical (unpaired) electrons. The van der Waals surface area contributed by atoms with E-state index in [9.17, 15) is 4.79 Å². The van der Waals surface area contributed by atoms with Gasteiger partial charge in [-0.25, -0.2) is 4.98 Å². The SMILES string of the molecule is COc1c(C)cccc1C(=O)NC(=S)Nc1nc(-c2ccc(Cl)cc2)cs1. The molecule has 1 amide bonds. The van der Waals surface area contributed by atoms with Crippen LogP contribution in [-0.4, -0.2) is 23.1 Å². The normalized spacial score (nSPS) is 10.3. The Morgan fingerprint density at radius 2 is 1.96 bits per heavy atom. The standard InChI is InChI=1S/C19H16ClN3O2S2/c1-11-4-3-5-14(16(11)25-2)17(24)22-18(26)23-19-21-15(10-27-19)12-6-8-13(20)9-7-12/h3-10H,1-2H3,(H2,21,22,23,24,26). The Bertz CT molecular complexity index is 987. The number of benzene rings is 2. The third-order valence-electron chi connectivity index (χ3n) is 3.75. The van der Waals surface area contributed by atoms with E-state index in [1.807, 2.05) is 42.6 Å². The van der Waals surface area contributed by atoms with Crippen molar-refractivity contribution < 1.29 is 9.53 Å². The first-order valence-corrected chi connectivity index (χ1v) is 9.62. The van der Waals surface area contributed by atoms with Gasteiger partial charge in [0.2, 0.25) is 0 Å². The molecule has 0 spiro atoms. The molecule has 138 valence electrons. The summed E-state index contributed by atoms with van der Waals surface area (Å²) in [6, 6.07) is 12.8. The molecule has 5 nitrogen and oxygen atoms in total. The molecule has 3 aromatic rings. The second kappa shape index (κ2) is 8.47. The number of hydrogen-bond acceptors (Lipinski definition) is 5. The van der Waals surface area contributed by atoms with E-state index in [0.717, 1.165) is 16.8 Å². The molecule has 0 saturated heterocycles. The molecule has 1 aromatic heterocycles. The summed E-state index contributed by atoms with van der Waals surface area (Å²) in [5, 5.41) is 8.91. The summed E-state index contributed by atoms with van der Waals surface area (Å²) in [4.78, 5) is 17.0. The summed E-state index contributed by atoms with van der Waals surface area (Å²) in [5.41, 5.74) is 3.04. The number of aryl methyl sites for hydroxylation is 1. The minimum Gasteiger partial charge on any atom is -0.496 e. The highest BCUT2D eigenvalue weighted by Crippen LogP contribution is 2.26. The lowest BCUT2D eigenvalue weighted by molar-refractivity contribution is 0.0974. The molecule has 3 rings (SSSR count). The van der Waals surface area contributed by atoms with Crippen LogP contribution in [0.5, 0.6) is 5.75 Å². The van der Waals surface area contributed by atoms with Crippen LogP contribution in [0.1, 0.15) is 15.9 Å². The number of carbonyl (C=O) groups is 1. The summed E-state index contributed by atoms with van der Waals surface area (Å²) < 4.78 is 5.31. The van der Waals surface area contributed by atoms with Crippen molar-refractivity contribution in [1.29, 1.82) is 0 Å². The first kappa shape index (κ1) is 19.3. The molecule has 0 saturated carbocycles. The Labute approximate surface area is 171 Å². The first-order valence-electron chi connectivity index (χ1n) is 7.95. The van der Waals surface area contributed by atoms with E-state index < -0.39 is 0 Å². The van der Waals surface area contributed by atoms with Gasteiger partial charge in [0.05, 0.1) is 18.4 Å². The minimum atomic E-state index is -0.345. The van der Waals surface area contributed by atoms with Crippen LogP contribution in [0.4, 0.5) is 5.13 Å². The molecule has 2 N–H and O–H groups in total. The fraction of sp³-hybridized carbons (Fsp3) is 0.105. The zero-order valence-electron chi connectivity index (χ0n) is 14.6. The summed E-state index contributed by atoms with van der Waals surface area (Å²) in [6.45, 7) is 1.88. The Kier molecular flexibility index (Phi) is 6.05. The van der Waals surface area contributed by atoms with Crippen molar-refractivity contribution in [1.82, 2.24) is 10.3 Å². The molecule has 8 heteroatoms. The summed E-state index contributed by atoms with van der Waals surface area (Å²) in [6.07, 6.45) is 0. The van der Waals surface area contributed by atoms with E-state index in [2.05, 4.69) is 15.6 Å². The van der Waals surface area contributed by atoms with Crippen LogP contribution in [0, 0.1) is 6.92 Å². The van der Waals surface area contributed by atoms with E-state index in [1.54, 1.807) is 12.1 Å². The maximum absolute atomic E-state index is 12.5. The largest absolute Gasteiger partial charge is 0.496 e. The van der Waals surface area contributed by atoms with Gasteiger partial charge in [0, 0.05) is 16.0 Å². The van der Waals surface area contributed by atoms with Gasteiger partial charge < -0.3 is 10.1 Å². The Morgan fingerprint density at radius 3 is 2.67 bits per heavy atom. The highest BCUT2D eigenvalue weighted by atomic mass is 35.5. The van der Waals surface area contributed by atoms with Crippen molar-refractivity contribution in [2.24, 2.45) is 0 Å². The van der Waals surface area contributed by atoms with E-state index in [1.165, 1.54) is 18.4 Å². The number of thiazole rings is 1. The molecule has 27 heavy (non-hydrogen) atoms. The fourth-order valence-electron chi connectivity index (χ4n) is 2.49. The quantitative estimate of drug-likeness (QED) is 0.590. The van der Waals surface area contributed by atoms with Gasteiger partial charge in [0.25, 0.3) is 5.91 Å². The number of halogens is 1. The molecule has 0 unspecified atom stereocenters. The van der Waals surface area contributed by atoms with Gasteiger partial charge in [0.1, 0.15) is 5.75 Å². The van der Waals surface area contributed by atoms with E-state index in [4.69, 9.17) is 28.6 Å². The topological polar surface area (TPSA) is 63.2 Å². The molecule has 0 atom stereocenters. The Balaban J connectivity index is 1.67. The average Bonchev–Trinajstić information content (AvgIpc) is 3.10. The number of aromatic nitrogens is 1. The molecule has 0 aliphatic heterocycles. The van der Waals surface area contributed by atoms with E-state index >= 15 is 0 Å². The highest BCUT2D eigenvalue weighted by molar-refractivity contribution is 7.80. The summed E-state index contributed by atoms with van der Waals surface area (Å²) in [7, 11) is 1.53. The van der Waals surface area contributed by atoms with Crippen LogP contribution in [0.2, 0.25) is 5.02 Å². The van der Waals surface area contributed by atoms with Gasteiger partial charge in [-0.15, -0.1) is 11.3 Å². The van der Waals surface area contributed by atoms with Crippen LogP contribution < -0.4 is 15.4 Å². The molecular formula is C19H16ClN3O2S2. The lowest BCUT2D eigenvalue weighted by Crippen LogP contribution is -2.34. The number of nitrogens with zero attached hydrogens (tertiary/aromatic N) is 1. The number of anilines is 1. The summed E-state index contributed by atoms with van der Waals surface area (Å²) >= 11 is 12.5. The lowest BCUT2D eigenvalue weighted by Gasteiger charge is -2.12. The van der Waals surface area contributed by atoms with Gasteiger partial charge >= 0.3 is 0 Å². The van der Waals surface area contributed by atoms with Crippen molar-refractivity contribution in [3.8, 4) is 17.0 Å². The number of carbonyl (C=O) groups excluding carboxylic acids is 1. The monoisotopic (exact) mass is 417 g/mol. The zero-order chi connectivity index (χ0) is 19.4. The van der Waals surface area contributed by atoms with Gasteiger partial charge in [-0.1, -0.05) is 35.9 Å². The number of hydrogen-bond donors (Lipinski definition) is 2. The van der Waals surface area contributed by atoms with E-state index in [0.29, 0.717) is 21.5 Å². The van der Waals surface area contributed by atoms with Crippen LogP contribution in [-0.2, 0) is 0 Å². The molecule has 1 heterocycles. The van der Waals surface area contributed by atoms with Gasteiger partial charge in [-0.3, -0.25) is 10.1 Å². The van der Waals surface area contributed by atoms with Gasteiger partial charge in [-0.05, 0) is 42.9 Å². The second-order valence-corrected chi connectivity index (χ2v) is 7.31. The van der Waals surface area contributed by atoms with Gasteiger partial charge in [-0.2, -0.15) is 0 Å². The van der Waals surface area contributed by atoms with Crippen molar-refractivity contribution in [2.45, 2.75) is 6.92 Å². The minimum absolute atomic E-state index is 0.167.